The van der Waals surface area contributed by atoms with Gasteiger partial charge in [0.2, 0.25) is 0 Å². The fraction of sp³-hybridized carbons (Fsp3) is 0.524. The van der Waals surface area contributed by atoms with Gasteiger partial charge in [-0.15, -0.1) is 0 Å². The van der Waals surface area contributed by atoms with E-state index in [0.717, 1.165) is 24.1 Å². The lowest BCUT2D eigenvalue weighted by Crippen LogP contribution is -2.57. The molecule has 1 saturated heterocycles. The van der Waals surface area contributed by atoms with E-state index in [2.05, 4.69) is 11.1 Å². The SMILES string of the molecule is Cc1[nH]c2c(C#N)cc(F)c(N3CCCC(N(C(=O)O)C(C)(C)C)C3)c2c1C. The van der Waals surface area contributed by atoms with Crippen molar-refractivity contribution >= 4 is 22.7 Å². The summed E-state index contributed by atoms with van der Waals surface area (Å²) in [6, 6.07) is 3.12. The maximum Gasteiger partial charge on any atom is 0.408 e. The molecular weight excluding hydrogens is 359 g/mol. The number of aryl methyl sites for hydroxylation is 2. The van der Waals surface area contributed by atoms with Gasteiger partial charge in [-0.25, -0.2) is 9.18 Å². The number of hydrogen-bond donors (Lipinski definition) is 2. The molecule has 0 aliphatic carbocycles. The highest BCUT2D eigenvalue weighted by Gasteiger charge is 2.37. The number of H-pyrrole nitrogens is 1. The fourth-order valence-corrected chi connectivity index (χ4v) is 4.36. The number of nitriles is 1. The van der Waals surface area contributed by atoms with Crippen molar-refractivity contribution in [2.45, 2.75) is 59.0 Å². The Kier molecular flexibility index (Phi) is 5.00. The molecule has 1 aliphatic rings. The van der Waals surface area contributed by atoms with Gasteiger partial charge >= 0.3 is 6.09 Å². The topological polar surface area (TPSA) is 83.4 Å². The van der Waals surface area contributed by atoms with E-state index < -0.39 is 17.4 Å². The van der Waals surface area contributed by atoms with Crippen LogP contribution in [0.15, 0.2) is 6.07 Å². The van der Waals surface area contributed by atoms with Crippen molar-refractivity contribution in [2.24, 2.45) is 0 Å². The van der Waals surface area contributed by atoms with E-state index in [1.807, 2.05) is 39.5 Å². The summed E-state index contributed by atoms with van der Waals surface area (Å²) in [4.78, 5) is 18.5. The lowest BCUT2D eigenvalue weighted by Gasteiger charge is -2.45. The van der Waals surface area contributed by atoms with E-state index in [4.69, 9.17) is 0 Å². The molecule has 0 bridgehead atoms. The van der Waals surface area contributed by atoms with E-state index >= 15 is 4.39 Å². The summed E-state index contributed by atoms with van der Waals surface area (Å²) in [6.45, 7) is 10.5. The Labute approximate surface area is 164 Å². The van der Waals surface area contributed by atoms with Gasteiger partial charge in [0, 0.05) is 29.7 Å². The first-order valence-corrected chi connectivity index (χ1v) is 9.55. The summed E-state index contributed by atoms with van der Waals surface area (Å²) in [5, 5.41) is 19.9. The Bertz CT molecular complexity index is 968. The number of amides is 1. The fourth-order valence-electron chi connectivity index (χ4n) is 4.36. The maximum atomic E-state index is 15.1. The molecule has 2 N–H and O–H groups in total. The van der Waals surface area contributed by atoms with Crippen molar-refractivity contribution in [2.75, 3.05) is 18.0 Å². The van der Waals surface area contributed by atoms with Crippen LogP contribution in [-0.2, 0) is 0 Å². The zero-order valence-corrected chi connectivity index (χ0v) is 17.1. The molecule has 2 aromatic rings. The Hall–Kier alpha value is -2.75. The van der Waals surface area contributed by atoms with Gasteiger partial charge in [0.1, 0.15) is 11.9 Å². The Morgan fingerprint density at radius 1 is 1.43 bits per heavy atom. The van der Waals surface area contributed by atoms with Crippen LogP contribution in [-0.4, -0.2) is 45.8 Å². The Balaban J connectivity index is 2.09. The van der Waals surface area contributed by atoms with Crippen molar-refractivity contribution < 1.29 is 14.3 Å². The first-order valence-electron chi connectivity index (χ1n) is 9.55. The van der Waals surface area contributed by atoms with Gasteiger partial charge in [0.25, 0.3) is 0 Å². The number of carboxylic acid groups (broad SMARTS) is 1. The van der Waals surface area contributed by atoms with Gasteiger partial charge in [-0.3, -0.25) is 4.90 Å². The van der Waals surface area contributed by atoms with Crippen LogP contribution >= 0.6 is 0 Å². The first kappa shape index (κ1) is 20.0. The number of anilines is 1. The summed E-state index contributed by atoms with van der Waals surface area (Å²) >= 11 is 0. The van der Waals surface area contributed by atoms with Gasteiger partial charge in [-0.05, 0) is 59.1 Å². The first-order chi connectivity index (χ1) is 13.1. The standard InChI is InChI=1S/C21H27FN4O2/c1-12-13(2)24-18-14(10-23)9-16(22)19(17(12)18)25-8-6-7-15(11-25)26(20(27)28)21(3,4)5/h9,15,24H,6-8,11H2,1-5H3,(H,27,28). The molecule has 1 aromatic carbocycles. The van der Waals surface area contributed by atoms with Crippen LogP contribution in [0.5, 0.6) is 0 Å². The molecule has 1 aromatic heterocycles. The molecule has 150 valence electrons. The van der Waals surface area contributed by atoms with Crippen molar-refractivity contribution in [3.05, 3.63) is 28.7 Å². The zero-order chi connectivity index (χ0) is 20.8. The van der Waals surface area contributed by atoms with Crippen LogP contribution in [0.1, 0.15) is 50.4 Å². The van der Waals surface area contributed by atoms with Crippen molar-refractivity contribution in [1.82, 2.24) is 9.88 Å². The Morgan fingerprint density at radius 2 is 2.11 bits per heavy atom. The third kappa shape index (κ3) is 3.28. The van der Waals surface area contributed by atoms with Crippen molar-refractivity contribution in [3.8, 4) is 6.07 Å². The number of fused-ring (bicyclic) bond motifs is 1. The number of hydrogen-bond acceptors (Lipinski definition) is 3. The predicted molar refractivity (Wildman–Crippen MR) is 107 cm³/mol. The number of aromatic nitrogens is 1. The minimum atomic E-state index is -0.960. The highest BCUT2D eigenvalue weighted by atomic mass is 19.1. The zero-order valence-electron chi connectivity index (χ0n) is 17.1. The molecule has 1 fully saturated rings. The van der Waals surface area contributed by atoms with Crippen molar-refractivity contribution in [1.29, 1.82) is 5.26 Å². The number of halogens is 1. The lowest BCUT2D eigenvalue weighted by molar-refractivity contribution is 0.0648. The van der Waals surface area contributed by atoms with Gasteiger partial charge in [-0.2, -0.15) is 5.26 Å². The normalized spacial score (nSPS) is 17.6. The molecule has 7 heteroatoms. The molecule has 6 nitrogen and oxygen atoms in total. The highest BCUT2D eigenvalue weighted by Crippen LogP contribution is 2.38. The third-order valence-corrected chi connectivity index (χ3v) is 5.63. The largest absolute Gasteiger partial charge is 0.465 e. The van der Waals surface area contributed by atoms with Crippen molar-refractivity contribution in [3.63, 3.8) is 0 Å². The second-order valence-corrected chi connectivity index (χ2v) is 8.56. The smallest absolute Gasteiger partial charge is 0.408 e. The van der Waals surface area contributed by atoms with Gasteiger partial charge in [0.15, 0.2) is 0 Å². The molecule has 1 amide bonds. The van der Waals surface area contributed by atoms with E-state index in [1.165, 1.54) is 11.0 Å². The number of carbonyl (C=O) groups is 1. The number of piperidine rings is 1. The molecule has 1 atom stereocenters. The number of nitrogens with one attached hydrogen (secondary N) is 1. The van der Waals surface area contributed by atoms with Crippen LogP contribution in [0, 0.1) is 31.0 Å². The van der Waals surface area contributed by atoms with E-state index in [0.29, 0.717) is 29.7 Å². The summed E-state index contributed by atoms with van der Waals surface area (Å²) in [6.07, 6.45) is 0.554. The predicted octanol–water partition coefficient (Wildman–Crippen LogP) is 4.54. The molecule has 3 rings (SSSR count). The summed E-state index contributed by atoms with van der Waals surface area (Å²) in [5.41, 5.74) is 2.64. The average molecular weight is 386 g/mol. The molecule has 1 aliphatic heterocycles. The molecule has 2 heterocycles. The van der Waals surface area contributed by atoms with Crippen LogP contribution < -0.4 is 4.90 Å². The van der Waals surface area contributed by atoms with E-state index in [9.17, 15) is 15.2 Å². The maximum absolute atomic E-state index is 15.1. The number of benzene rings is 1. The second-order valence-electron chi connectivity index (χ2n) is 8.56. The van der Waals surface area contributed by atoms with Gasteiger partial charge in [0.05, 0.1) is 22.8 Å². The summed E-state index contributed by atoms with van der Waals surface area (Å²) in [5.74, 6) is -0.440. The molecule has 0 spiro atoms. The molecular formula is C21H27FN4O2. The minimum Gasteiger partial charge on any atom is -0.465 e. The number of aromatic amines is 1. The van der Waals surface area contributed by atoms with Crippen LogP contribution in [0.25, 0.3) is 10.9 Å². The monoisotopic (exact) mass is 386 g/mol. The second kappa shape index (κ2) is 7.01. The summed E-state index contributed by atoms with van der Waals surface area (Å²) in [7, 11) is 0. The van der Waals surface area contributed by atoms with Gasteiger partial charge < -0.3 is 15.0 Å². The molecule has 1 unspecified atom stereocenters. The number of nitrogens with zero attached hydrogens (tertiary/aromatic N) is 3. The quantitative estimate of drug-likeness (QED) is 0.793. The van der Waals surface area contributed by atoms with Crippen LogP contribution in [0.2, 0.25) is 0 Å². The molecule has 0 radical (unpaired) electrons. The molecule has 0 saturated carbocycles. The Morgan fingerprint density at radius 3 is 2.68 bits per heavy atom. The van der Waals surface area contributed by atoms with E-state index in [1.54, 1.807) is 0 Å². The highest BCUT2D eigenvalue weighted by molar-refractivity contribution is 5.99. The van der Waals surface area contributed by atoms with Crippen LogP contribution in [0.3, 0.4) is 0 Å². The number of rotatable bonds is 2. The average Bonchev–Trinajstić information content (AvgIpc) is 2.88. The van der Waals surface area contributed by atoms with E-state index in [-0.39, 0.29) is 11.6 Å². The minimum absolute atomic E-state index is 0.225. The third-order valence-electron chi connectivity index (χ3n) is 5.63. The lowest BCUT2D eigenvalue weighted by atomic mass is 9.96. The van der Waals surface area contributed by atoms with Gasteiger partial charge in [-0.1, -0.05) is 0 Å². The van der Waals surface area contributed by atoms with Crippen LogP contribution in [0.4, 0.5) is 14.9 Å². The summed E-state index contributed by atoms with van der Waals surface area (Å²) < 4.78 is 15.1. The molecule has 28 heavy (non-hydrogen) atoms.